The number of fused-ring (bicyclic) bond motifs is 1. The lowest BCUT2D eigenvalue weighted by atomic mass is 10.2. The summed E-state index contributed by atoms with van der Waals surface area (Å²) in [5, 5.41) is 12.3. The Morgan fingerprint density at radius 2 is 2.07 bits per heavy atom. The van der Waals surface area contributed by atoms with Gasteiger partial charge in [0.25, 0.3) is 5.91 Å². The Hall–Kier alpha value is -3.27. The third-order valence-corrected chi connectivity index (χ3v) is 4.20. The van der Waals surface area contributed by atoms with E-state index in [9.17, 15) is 14.0 Å². The fraction of sp³-hybridized carbons (Fsp3) is 0.235. The molecule has 0 saturated heterocycles. The summed E-state index contributed by atoms with van der Waals surface area (Å²) in [5.74, 6) is -0.792. The number of halogens is 2. The van der Waals surface area contributed by atoms with E-state index >= 15 is 0 Å². The maximum atomic E-state index is 13.2. The minimum absolute atomic E-state index is 0.0206. The van der Waals surface area contributed by atoms with Crippen molar-refractivity contribution in [3.63, 3.8) is 0 Å². The largest absolute Gasteiger partial charge is 0.358 e. The monoisotopic (exact) mass is 405 g/mol. The van der Waals surface area contributed by atoms with Gasteiger partial charge in [0.1, 0.15) is 23.2 Å². The standard InChI is InChI=1S/C17H17ClFN7O2/c1-26(2)12(27)7-20-16-14-13(24-25-16)15(23-8-22-14)17(28)21-6-9-3-4-11(19)10(18)5-9/h3-5,8H,6-7H2,1-2H3,(H,21,28)(H2,20,24,25). The molecule has 2 amide bonds. The molecule has 3 rings (SSSR count). The van der Waals surface area contributed by atoms with Crippen molar-refractivity contribution >= 4 is 40.3 Å². The highest BCUT2D eigenvalue weighted by Crippen LogP contribution is 2.20. The van der Waals surface area contributed by atoms with E-state index < -0.39 is 11.7 Å². The maximum Gasteiger partial charge on any atom is 0.272 e. The number of H-pyrrole nitrogens is 1. The van der Waals surface area contributed by atoms with Crippen LogP contribution >= 0.6 is 11.6 Å². The van der Waals surface area contributed by atoms with Crippen molar-refractivity contribution in [3.8, 4) is 0 Å². The number of nitrogens with zero attached hydrogens (tertiary/aromatic N) is 4. The summed E-state index contributed by atoms with van der Waals surface area (Å²) in [6, 6.07) is 4.19. The number of aromatic amines is 1. The number of amides is 2. The second-order valence-corrected chi connectivity index (χ2v) is 6.50. The maximum absolute atomic E-state index is 13.2. The second-order valence-electron chi connectivity index (χ2n) is 6.09. The molecule has 146 valence electrons. The molecule has 0 aliphatic carbocycles. The zero-order chi connectivity index (χ0) is 20.3. The van der Waals surface area contributed by atoms with Gasteiger partial charge in [0.15, 0.2) is 11.5 Å². The van der Waals surface area contributed by atoms with Crippen LogP contribution in [0.25, 0.3) is 11.0 Å². The molecular formula is C17H17ClFN7O2. The summed E-state index contributed by atoms with van der Waals surface area (Å²) in [5.41, 5.74) is 1.45. The molecule has 0 unspecified atom stereocenters. The van der Waals surface area contributed by atoms with Gasteiger partial charge in [0.2, 0.25) is 5.91 Å². The first kappa shape index (κ1) is 19.5. The number of anilines is 1. The van der Waals surface area contributed by atoms with Crippen molar-refractivity contribution in [3.05, 3.63) is 46.6 Å². The van der Waals surface area contributed by atoms with Crippen LogP contribution in [0.4, 0.5) is 10.2 Å². The van der Waals surface area contributed by atoms with Crippen LogP contribution in [0.15, 0.2) is 24.5 Å². The Kier molecular flexibility index (Phi) is 5.69. The van der Waals surface area contributed by atoms with Crippen molar-refractivity contribution in [1.82, 2.24) is 30.4 Å². The molecule has 0 aliphatic rings. The van der Waals surface area contributed by atoms with Gasteiger partial charge in [-0.25, -0.2) is 14.4 Å². The minimum Gasteiger partial charge on any atom is -0.358 e. The van der Waals surface area contributed by atoms with Crippen LogP contribution in [0.2, 0.25) is 5.02 Å². The van der Waals surface area contributed by atoms with E-state index in [0.29, 0.717) is 22.4 Å². The fourth-order valence-electron chi connectivity index (χ4n) is 2.36. The molecule has 0 fully saturated rings. The van der Waals surface area contributed by atoms with E-state index in [4.69, 9.17) is 11.6 Å². The average molecular weight is 406 g/mol. The zero-order valence-corrected chi connectivity index (χ0v) is 15.8. The van der Waals surface area contributed by atoms with Crippen molar-refractivity contribution in [2.24, 2.45) is 0 Å². The Morgan fingerprint density at radius 1 is 1.29 bits per heavy atom. The number of likely N-dealkylation sites (N-methyl/N-ethyl adjacent to an activating group) is 1. The molecule has 2 heterocycles. The number of carbonyl (C=O) groups excluding carboxylic acids is 2. The molecule has 1 aromatic carbocycles. The quantitative estimate of drug-likeness (QED) is 0.573. The Balaban J connectivity index is 1.74. The van der Waals surface area contributed by atoms with E-state index in [1.165, 1.54) is 29.4 Å². The Morgan fingerprint density at radius 3 is 2.79 bits per heavy atom. The van der Waals surface area contributed by atoms with Gasteiger partial charge in [-0.3, -0.25) is 14.7 Å². The molecule has 11 heteroatoms. The Bertz CT molecular complexity index is 1040. The zero-order valence-electron chi connectivity index (χ0n) is 15.1. The number of nitrogens with one attached hydrogen (secondary N) is 3. The molecule has 0 spiro atoms. The summed E-state index contributed by atoms with van der Waals surface area (Å²) in [6.07, 6.45) is 1.24. The second kappa shape index (κ2) is 8.17. The van der Waals surface area contributed by atoms with Crippen LogP contribution in [0, 0.1) is 5.82 Å². The number of benzene rings is 1. The summed E-state index contributed by atoms with van der Waals surface area (Å²) >= 11 is 5.74. The third-order valence-electron chi connectivity index (χ3n) is 3.91. The van der Waals surface area contributed by atoms with Crippen LogP contribution < -0.4 is 10.6 Å². The average Bonchev–Trinajstić information content (AvgIpc) is 3.09. The van der Waals surface area contributed by atoms with Gasteiger partial charge in [0.05, 0.1) is 11.6 Å². The molecule has 28 heavy (non-hydrogen) atoms. The molecule has 2 aromatic heterocycles. The van der Waals surface area contributed by atoms with Crippen molar-refractivity contribution in [2.45, 2.75) is 6.54 Å². The van der Waals surface area contributed by atoms with Gasteiger partial charge in [-0.05, 0) is 17.7 Å². The molecule has 3 aromatic rings. The van der Waals surface area contributed by atoms with Gasteiger partial charge in [0, 0.05) is 20.6 Å². The number of aromatic nitrogens is 4. The summed E-state index contributed by atoms with van der Waals surface area (Å²) in [7, 11) is 3.29. The van der Waals surface area contributed by atoms with Crippen LogP contribution in [0.5, 0.6) is 0 Å². The predicted molar refractivity (Wildman–Crippen MR) is 101 cm³/mol. The summed E-state index contributed by atoms with van der Waals surface area (Å²) in [6.45, 7) is 0.171. The third kappa shape index (κ3) is 4.17. The number of hydrogen-bond donors (Lipinski definition) is 3. The molecule has 0 atom stereocenters. The van der Waals surface area contributed by atoms with Crippen molar-refractivity contribution in [2.75, 3.05) is 26.0 Å². The lowest BCUT2D eigenvalue weighted by molar-refractivity contribution is -0.126. The molecule has 0 bridgehead atoms. The number of carbonyl (C=O) groups is 2. The highest BCUT2D eigenvalue weighted by Gasteiger charge is 2.18. The van der Waals surface area contributed by atoms with Gasteiger partial charge in [-0.2, -0.15) is 5.10 Å². The molecule has 3 N–H and O–H groups in total. The smallest absolute Gasteiger partial charge is 0.272 e. The van der Waals surface area contributed by atoms with Crippen LogP contribution in [-0.2, 0) is 11.3 Å². The van der Waals surface area contributed by atoms with E-state index in [0.717, 1.165) is 0 Å². The molecular weight excluding hydrogens is 389 g/mol. The van der Waals surface area contributed by atoms with Gasteiger partial charge < -0.3 is 15.5 Å². The lowest BCUT2D eigenvalue weighted by Crippen LogP contribution is -2.28. The highest BCUT2D eigenvalue weighted by atomic mass is 35.5. The van der Waals surface area contributed by atoms with Crippen LogP contribution in [0.3, 0.4) is 0 Å². The molecule has 9 nitrogen and oxygen atoms in total. The minimum atomic E-state index is -0.528. The number of hydrogen-bond acceptors (Lipinski definition) is 6. The number of rotatable bonds is 6. The highest BCUT2D eigenvalue weighted by molar-refractivity contribution is 6.30. The first-order chi connectivity index (χ1) is 13.4. The van der Waals surface area contributed by atoms with Crippen LogP contribution in [0.1, 0.15) is 16.1 Å². The molecule has 0 saturated carbocycles. The topological polar surface area (TPSA) is 116 Å². The first-order valence-corrected chi connectivity index (χ1v) is 8.60. The van der Waals surface area contributed by atoms with E-state index in [1.807, 2.05) is 0 Å². The molecule has 0 radical (unpaired) electrons. The van der Waals surface area contributed by atoms with Gasteiger partial charge in [-0.1, -0.05) is 17.7 Å². The SMILES string of the molecule is CN(C)C(=O)CNc1n[nH]c2c(C(=O)NCc3ccc(F)c(Cl)c3)ncnc12. The van der Waals surface area contributed by atoms with Crippen molar-refractivity contribution < 1.29 is 14.0 Å². The summed E-state index contributed by atoms with van der Waals surface area (Å²) in [4.78, 5) is 33.8. The van der Waals surface area contributed by atoms with Gasteiger partial charge in [-0.15, -0.1) is 0 Å². The van der Waals surface area contributed by atoms with Crippen molar-refractivity contribution in [1.29, 1.82) is 0 Å². The molecule has 0 aliphatic heterocycles. The van der Waals surface area contributed by atoms with Gasteiger partial charge >= 0.3 is 0 Å². The predicted octanol–water partition coefficient (Wildman–Crippen LogP) is 1.58. The Labute approximate surface area is 164 Å². The lowest BCUT2D eigenvalue weighted by Gasteiger charge is -2.10. The normalized spacial score (nSPS) is 10.7. The first-order valence-electron chi connectivity index (χ1n) is 8.22. The van der Waals surface area contributed by atoms with E-state index in [1.54, 1.807) is 14.1 Å². The van der Waals surface area contributed by atoms with E-state index in [-0.39, 0.29) is 29.7 Å². The van der Waals surface area contributed by atoms with Crippen LogP contribution in [-0.4, -0.2) is 57.5 Å². The summed E-state index contributed by atoms with van der Waals surface area (Å²) < 4.78 is 13.2. The fourth-order valence-corrected chi connectivity index (χ4v) is 2.57. The van der Waals surface area contributed by atoms with E-state index in [2.05, 4.69) is 30.8 Å².